The molecule has 4 nitrogen and oxygen atoms in total. The van der Waals surface area contributed by atoms with E-state index in [9.17, 15) is 4.79 Å². The zero-order valence-electron chi connectivity index (χ0n) is 6.72. The monoisotopic (exact) mass is 193 g/mol. The maximum Gasteiger partial charge on any atom is 0.235 e. The minimum atomic E-state index is -0.175. The summed E-state index contributed by atoms with van der Waals surface area (Å²) in [6.45, 7) is 2.26. The topological polar surface area (TPSA) is 47.6 Å². The van der Waals surface area contributed by atoms with Crippen LogP contribution in [0.4, 0.5) is 0 Å². The van der Waals surface area contributed by atoms with Crippen molar-refractivity contribution in [2.45, 2.75) is 6.10 Å². The third-order valence-electron chi connectivity index (χ3n) is 1.53. The third kappa shape index (κ3) is 3.38. The number of carbonyl (C=O) groups excluding carboxylic acids is 1. The Hall–Kier alpha value is -0.320. The molecule has 1 rings (SSSR count). The van der Waals surface area contributed by atoms with Crippen molar-refractivity contribution < 1.29 is 14.3 Å². The summed E-state index contributed by atoms with van der Waals surface area (Å²) in [6, 6.07) is 0. The smallest absolute Gasteiger partial charge is 0.235 e. The number of amides is 1. The molecule has 0 bridgehead atoms. The van der Waals surface area contributed by atoms with Crippen molar-refractivity contribution >= 4 is 17.5 Å². The van der Waals surface area contributed by atoms with Crippen molar-refractivity contribution in [1.82, 2.24) is 5.32 Å². The van der Waals surface area contributed by atoms with Crippen LogP contribution in [0.2, 0.25) is 0 Å². The zero-order valence-corrected chi connectivity index (χ0v) is 7.47. The van der Waals surface area contributed by atoms with Crippen LogP contribution in [0.25, 0.3) is 0 Å². The number of ether oxygens (including phenoxy) is 2. The van der Waals surface area contributed by atoms with Crippen molar-refractivity contribution in [2.24, 2.45) is 0 Å². The van der Waals surface area contributed by atoms with E-state index in [0.717, 1.165) is 0 Å². The molecule has 0 aromatic heterocycles. The summed E-state index contributed by atoms with van der Waals surface area (Å²) in [5.41, 5.74) is 0. The summed E-state index contributed by atoms with van der Waals surface area (Å²) in [4.78, 5) is 10.7. The molecule has 0 aromatic rings. The van der Waals surface area contributed by atoms with Crippen LogP contribution in [-0.4, -0.2) is 44.3 Å². The van der Waals surface area contributed by atoms with E-state index in [1.807, 2.05) is 0 Å². The largest absolute Gasteiger partial charge is 0.376 e. The Morgan fingerprint density at radius 1 is 1.58 bits per heavy atom. The fourth-order valence-electron chi connectivity index (χ4n) is 0.929. The van der Waals surface area contributed by atoms with Crippen LogP contribution in [-0.2, 0) is 14.3 Å². The van der Waals surface area contributed by atoms with Gasteiger partial charge in [-0.15, -0.1) is 11.6 Å². The molecule has 1 aliphatic rings. The van der Waals surface area contributed by atoms with Gasteiger partial charge in [-0.1, -0.05) is 0 Å². The standard InChI is InChI=1S/C7H12ClNO3/c8-3-7(10)9-4-6-5-11-1-2-12-6/h6H,1-5H2,(H,9,10). The van der Waals surface area contributed by atoms with Gasteiger partial charge in [-0.25, -0.2) is 0 Å². The van der Waals surface area contributed by atoms with Gasteiger partial charge in [-0.3, -0.25) is 4.79 Å². The first-order valence-corrected chi connectivity index (χ1v) is 4.38. The van der Waals surface area contributed by atoms with Gasteiger partial charge in [0.15, 0.2) is 0 Å². The summed E-state index contributed by atoms with van der Waals surface area (Å²) in [6.07, 6.45) is -0.0223. The van der Waals surface area contributed by atoms with Gasteiger partial charge in [0.05, 0.1) is 25.9 Å². The normalized spacial score (nSPS) is 23.6. The van der Waals surface area contributed by atoms with E-state index >= 15 is 0 Å². The lowest BCUT2D eigenvalue weighted by molar-refractivity contribution is -0.121. The number of carbonyl (C=O) groups is 1. The van der Waals surface area contributed by atoms with Crippen molar-refractivity contribution in [2.75, 3.05) is 32.2 Å². The van der Waals surface area contributed by atoms with Gasteiger partial charge in [0, 0.05) is 6.54 Å². The van der Waals surface area contributed by atoms with Gasteiger partial charge >= 0.3 is 0 Å². The Balaban J connectivity index is 2.09. The highest BCUT2D eigenvalue weighted by molar-refractivity contribution is 6.27. The summed E-state index contributed by atoms with van der Waals surface area (Å²) in [7, 11) is 0. The van der Waals surface area contributed by atoms with Crippen LogP contribution in [0.5, 0.6) is 0 Å². The molecule has 1 unspecified atom stereocenters. The predicted octanol–water partition coefficient (Wildman–Crippen LogP) is -0.243. The average molecular weight is 194 g/mol. The fraction of sp³-hybridized carbons (Fsp3) is 0.857. The molecule has 0 saturated carbocycles. The molecule has 1 saturated heterocycles. The molecule has 1 aliphatic heterocycles. The second-order valence-electron chi connectivity index (χ2n) is 2.51. The molecule has 1 N–H and O–H groups in total. The number of halogens is 1. The van der Waals surface area contributed by atoms with Crippen molar-refractivity contribution in [3.05, 3.63) is 0 Å². The first kappa shape index (κ1) is 9.77. The summed E-state index contributed by atoms with van der Waals surface area (Å²) in [5, 5.41) is 2.63. The third-order valence-corrected chi connectivity index (χ3v) is 1.78. The van der Waals surface area contributed by atoms with E-state index in [1.54, 1.807) is 0 Å². The van der Waals surface area contributed by atoms with Crippen molar-refractivity contribution in [3.8, 4) is 0 Å². The van der Waals surface area contributed by atoms with Crippen LogP contribution in [0.1, 0.15) is 0 Å². The summed E-state index contributed by atoms with van der Waals surface area (Å²) in [5.74, 6) is -0.182. The van der Waals surface area contributed by atoms with Crippen LogP contribution < -0.4 is 5.32 Å². The van der Waals surface area contributed by atoms with Crippen LogP contribution >= 0.6 is 11.6 Å². The van der Waals surface area contributed by atoms with Gasteiger partial charge in [0.25, 0.3) is 0 Å². The van der Waals surface area contributed by atoms with E-state index in [4.69, 9.17) is 21.1 Å². The summed E-state index contributed by atoms with van der Waals surface area (Å²) >= 11 is 5.29. The van der Waals surface area contributed by atoms with Gasteiger partial charge in [0.2, 0.25) is 5.91 Å². The highest BCUT2D eigenvalue weighted by Gasteiger charge is 2.14. The molecule has 1 amide bonds. The van der Waals surface area contributed by atoms with Gasteiger partial charge < -0.3 is 14.8 Å². The first-order chi connectivity index (χ1) is 5.83. The van der Waals surface area contributed by atoms with Crippen LogP contribution in [0.3, 0.4) is 0 Å². The van der Waals surface area contributed by atoms with E-state index in [-0.39, 0.29) is 17.9 Å². The van der Waals surface area contributed by atoms with E-state index in [0.29, 0.717) is 26.4 Å². The van der Waals surface area contributed by atoms with Crippen molar-refractivity contribution in [3.63, 3.8) is 0 Å². The molecule has 0 aliphatic carbocycles. The Morgan fingerprint density at radius 3 is 3.00 bits per heavy atom. The molecule has 0 spiro atoms. The second kappa shape index (κ2) is 5.35. The molecule has 12 heavy (non-hydrogen) atoms. The molecule has 0 radical (unpaired) electrons. The Morgan fingerprint density at radius 2 is 2.42 bits per heavy atom. The lowest BCUT2D eigenvalue weighted by Gasteiger charge is -2.22. The number of rotatable bonds is 3. The minimum absolute atomic E-state index is 0.00637. The van der Waals surface area contributed by atoms with E-state index < -0.39 is 0 Å². The van der Waals surface area contributed by atoms with Crippen LogP contribution in [0, 0.1) is 0 Å². The highest BCUT2D eigenvalue weighted by atomic mass is 35.5. The highest BCUT2D eigenvalue weighted by Crippen LogP contribution is 1.98. The lowest BCUT2D eigenvalue weighted by Crippen LogP contribution is -2.40. The number of nitrogens with one attached hydrogen (secondary N) is 1. The Labute approximate surface area is 76.2 Å². The van der Waals surface area contributed by atoms with Gasteiger partial charge in [-0.2, -0.15) is 0 Å². The van der Waals surface area contributed by atoms with Crippen molar-refractivity contribution in [1.29, 1.82) is 0 Å². The molecular formula is C7H12ClNO3. The van der Waals surface area contributed by atoms with Crippen LogP contribution in [0.15, 0.2) is 0 Å². The Bertz CT molecular complexity index is 148. The zero-order chi connectivity index (χ0) is 8.81. The summed E-state index contributed by atoms with van der Waals surface area (Å²) < 4.78 is 10.4. The number of alkyl halides is 1. The molecular weight excluding hydrogens is 182 g/mol. The second-order valence-corrected chi connectivity index (χ2v) is 2.77. The van der Waals surface area contributed by atoms with Gasteiger partial charge in [0.1, 0.15) is 5.88 Å². The molecule has 1 fully saturated rings. The van der Waals surface area contributed by atoms with Gasteiger partial charge in [-0.05, 0) is 0 Å². The SMILES string of the molecule is O=C(CCl)NCC1COCCO1. The Kier molecular flexibility index (Phi) is 4.35. The number of hydrogen-bond donors (Lipinski definition) is 1. The lowest BCUT2D eigenvalue weighted by atomic mass is 10.3. The first-order valence-electron chi connectivity index (χ1n) is 3.85. The average Bonchev–Trinajstić information content (AvgIpc) is 2.16. The molecule has 70 valence electrons. The maximum atomic E-state index is 10.7. The quantitative estimate of drug-likeness (QED) is 0.630. The van der Waals surface area contributed by atoms with E-state index in [2.05, 4.69) is 5.32 Å². The molecule has 5 heteroatoms. The molecule has 1 heterocycles. The molecule has 1 atom stereocenters. The molecule has 0 aromatic carbocycles. The number of hydrogen-bond acceptors (Lipinski definition) is 3. The van der Waals surface area contributed by atoms with E-state index in [1.165, 1.54) is 0 Å². The predicted molar refractivity (Wildman–Crippen MR) is 44.3 cm³/mol. The maximum absolute atomic E-state index is 10.7. The fourth-order valence-corrected chi connectivity index (χ4v) is 1.02. The minimum Gasteiger partial charge on any atom is -0.376 e.